The third-order valence-electron chi connectivity index (χ3n) is 5.04. The lowest BCUT2D eigenvalue weighted by Crippen LogP contribution is -2.47. The fourth-order valence-corrected chi connectivity index (χ4v) is 3.87. The van der Waals surface area contributed by atoms with Gasteiger partial charge in [0, 0.05) is 11.0 Å². The van der Waals surface area contributed by atoms with Gasteiger partial charge in [0.25, 0.3) is 0 Å². The van der Waals surface area contributed by atoms with Crippen molar-refractivity contribution in [3.05, 3.63) is 35.9 Å². The molecule has 1 aromatic rings. The second kappa shape index (κ2) is 3.33. The number of hydrogen-bond acceptors (Lipinski definition) is 1. The molecule has 1 heteroatoms. The molecule has 2 aliphatic rings. The highest BCUT2D eigenvalue weighted by Crippen LogP contribution is 2.60. The van der Waals surface area contributed by atoms with Gasteiger partial charge in [0.1, 0.15) is 0 Å². The van der Waals surface area contributed by atoms with E-state index in [0.29, 0.717) is 5.92 Å². The van der Waals surface area contributed by atoms with E-state index in [9.17, 15) is 0 Å². The first-order valence-corrected chi connectivity index (χ1v) is 6.53. The molecule has 3 rings (SSSR count). The number of nitrogens with two attached hydrogens (primary N) is 1. The zero-order valence-electron chi connectivity index (χ0n) is 10.1. The Labute approximate surface area is 98.0 Å². The van der Waals surface area contributed by atoms with Gasteiger partial charge in [0.15, 0.2) is 0 Å². The quantitative estimate of drug-likeness (QED) is 0.805. The molecule has 2 N–H and O–H groups in total. The highest BCUT2D eigenvalue weighted by molar-refractivity contribution is 5.37. The van der Waals surface area contributed by atoms with Crippen LogP contribution in [0.2, 0.25) is 0 Å². The summed E-state index contributed by atoms with van der Waals surface area (Å²) in [6.07, 6.45) is 6.48. The van der Waals surface area contributed by atoms with E-state index in [1.54, 1.807) is 0 Å². The lowest BCUT2D eigenvalue weighted by molar-refractivity contribution is 0.314. The molecule has 0 spiro atoms. The number of hydrogen-bond donors (Lipinski definition) is 1. The minimum absolute atomic E-state index is 0.0881. The summed E-state index contributed by atoms with van der Waals surface area (Å²) in [6.45, 7) is 2.31. The van der Waals surface area contributed by atoms with Gasteiger partial charge < -0.3 is 5.73 Å². The molecule has 0 radical (unpaired) electrons. The fourth-order valence-electron chi connectivity index (χ4n) is 3.87. The van der Waals surface area contributed by atoms with Crippen molar-refractivity contribution in [2.75, 3.05) is 0 Å². The molecule has 2 unspecified atom stereocenters. The van der Waals surface area contributed by atoms with E-state index in [-0.39, 0.29) is 11.0 Å². The van der Waals surface area contributed by atoms with Crippen molar-refractivity contribution in [3.63, 3.8) is 0 Å². The summed E-state index contributed by atoms with van der Waals surface area (Å²) in [7, 11) is 0. The molecule has 0 saturated heterocycles. The maximum atomic E-state index is 6.66. The second-order valence-corrected chi connectivity index (χ2v) is 5.80. The van der Waals surface area contributed by atoms with Gasteiger partial charge in [-0.05, 0) is 30.7 Å². The van der Waals surface area contributed by atoms with Crippen LogP contribution in [0.3, 0.4) is 0 Å². The summed E-state index contributed by atoms with van der Waals surface area (Å²) in [5.74, 6) is 0.700. The smallest absolute Gasteiger partial charge is 0.0282 e. The van der Waals surface area contributed by atoms with Crippen LogP contribution in [-0.2, 0) is 5.41 Å². The molecule has 1 nitrogen and oxygen atoms in total. The third-order valence-corrected chi connectivity index (χ3v) is 5.04. The van der Waals surface area contributed by atoms with Crippen LogP contribution >= 0.6 is 0 Å². The number of rotatable bonds is 2. The lowest BCUT2D eigenvalue weighted by Gasteiger charge is -2.37. The molecule has 0 aromatic heterocycles. The summed E-state index contributed by atoms with van der Waals surface area (Å²) in [5, 5.41) is 0. The normalized spacial score (nSPS) is 36.2. The van der Waals surface area contributed by atoms with Gasteiger partial charge in [-0.15, -0.1) is 0 Å². The predicted octanol–water partition coefficient (Wildman–Crippen LogP) is 3.24. The first kappa shape index (κ1) is 10.3. The molecule has 2 atom stereocenters. The SMILES string of the molecule is CC1CC1(N)C1(c2ccccc2)CCCC1. The minimum Gasteiger partial charge on any atom is -0.324 e. The Kier molecular flexibility index (Phi) is 2.16. The van der Waals surface area contributed by atoms with Crippen molar-refractivity contribution < 1.29 is 0 Å². The molecular formula is C15H21N. The first-order valence-electron chi connectivity index (χ1n) is 6.53. The second-order valence-electron chi connectivity index (χ2n) is 5.80. The van der Waals surface area contributed by atoms with Crippen molar-refractivity contribution in [2.45, 2.75) is 50.0 Å². The Morgan fingerprint density at radius 2 is 1.69 bits per heavy atom. The van der Waals surface area contributed by atoms with Crippen molar-refractivity contribution in [1.82, 2.24) is 0 Å². The van der Waals surface area contributed by atoms with Crippen molar-refractivity contribution in [2.24, 2.45) is 11.7 Å². The fraction of sp³-hybridized carbons (Fsp3) is 0.600. The van der Waals surface area contributed by atoms with Crippen molar-refractivity contribution in [3.8, 4) is 0 Å². The maximum Gasteiger partial charge on any atom is 0.0282 e. The van der Waals surface area contributed by atoms with E-state index in [2.05, 4.69) is 37.3 Å². The summed E-state index contributed by atoms with van der Waals surface area (Å²) >= 11 is 0. The molecule has 2 saturated carbocycles. The zero-order valence-corrected chi connectivity index (χ0v) is 10.1. The molecule has 0 aliphatic heterocycles. The molecule has 0 amide bonds. The number of benzene rings is 1. The molecule has 16 heavy (non-hydrogen) atoms. The van der Waals surface area contributed by atoms with Crippen LogP contribution in [0.5, 0.6) is 0 Å². The Morgan fingerprint density at radius 1 is 1.12 bits per heavy atom. The Morgan fingerprint density at radius 3 is 2.19 bits per heavy atom. The van der Waals surface area contributed by atoms with Crippen LogP contribution in [0, 0.1) is 5.92 Å². The highest BCUT2D eigenvalue weighted by Gasteiger charge is 2.62. The highest BCUT2D eigenvalue weighted by atomic mass is 14.9. The van der Waals surface area contributed by atoms with Crippen LogP contribution in [0.15, 0.2) is 30.3 Å². The van der Waals surface area contributed by atoms with Crippen molar-refractivity contribution >= 4 is 0 Å². The van der Waals surface area contributed by atoms with E-state index in [1.807, 2.05) is 0 Å². The van der Waals surface area contributed by atoms with E-state index in [0.717, 1.165) is 0 Å². The molecule has 0 bridgehead atoms. The molecule has 86 valence electrons. The molecular weight excluding hydrogens is 194 g/mol. The summed E-state index contributed by atoms with van der Waals surface area (Å²) in [5.41, 5.74) is 8.52. The maximum absolute atomic E-state index is 6.66. The largest absolute Gasteiger partial charge is 0.324 e. The average molecular weight is 215 g/mol. The summed E-state index contributed by atoms with van der Waals surface area (Å²) < 4.78 is 0. The van der Waals surface area contributed by atoms with Gasteiger partial charge in [-0.3, -0.25) is 0 Å². The standard InChI is InChI=1S/C15H21N/c1-12-11-15(12,16)14(9-5-6-10-14)13-7-3-2-4-8-13/h2-4,7-8,12H,5-6,9-11,16H2,1H3. The van der Waals surface area contributed by atoms with Crippen LogP contribution in [0.4, 0.5) is 0 Å². The van der Waals surface area contributed by atoms with E-state index < -0.39 is 0 Å². The Balaban J connectivity index is 2.04. The van der Waals surface area contributed by atoms with Gasteiger partial charge in [0.05, 0.1) is 0 Å². The average Bonchev–Trinajstić information content (AvgIpc) is 2.78. The molecule has 2 fully saturated rings. The summed E-state index contributed by atoms with van der Waals surface area (Å²) in [6, 6.07) is 11.0. The van der Waals surface area contributed by atoms with Crippen LogP contribution in [-0.4, -0.2) is 5.54 Å². The zero-order chi connectivity index (χ0) is 11.2. The van der Waals surface area contributed by atoms with Crippen molar-refractivity contribution in [1.29, 1.82) is 0 Å². The van der Waals surface area contributed by atoms with Crippen LogP contribution in [0.1, 0.15) is 44.6 Å². The van der Waals surface area contributed by atoms with Gasteiger partial charge in [0.2, 0.25) is 0 Å². The molecule has 0 heterocycles. The first-order chi connectivity index (χ1) is 7.69. The van der Waals surface area contributed by atoms with E-state index in [4.69, 9.17) is 5.73 Å². The molecule has 2 aliphatic carbocycles. The van der Waals surface area contributed by atoms with E-state index in [1.165, 1.54) is 37.7 Å². The third kappa shape index (κ3) is 1.21. The van der Waals surface area contributed by atoms with Crippen LogP contribution in [0.25, 0.3) is 0 Å². The predicted molar refractivity (Wildman–Crippen MR) is 67.3 cm³/mol. The van der Waals surface area contributed by atoms with Gasteiger partial charge in [-0.25, -0.2) is 0 Å². The minimum atomic E-state index is 0.0881. The topological polar surface area (TPSA) is 26.0 Å². The Bertz CT molecular complexity index is 378. The van der Waals surface area contributed by atoms with Gasteiger partial charge in [-0.2, -0.15) is 0 Å². The molecule has 1 aromatic carbocycles. The summed E-state index contributed by atoms with van der Waals surface area (Å²) in [4.78, 5) is 0. The van der Waals surface area contributed by atoms with Gasteiger partial charge in [-0.1, -0.05) is 50.1 Å². The monoisotopic (exact) mass is 215 g/mol. The Hall–Kier alpha value is -0.820. The van der Waals surface area contributed by atoms with Crippen LogP contribution < -0.4 is 5.73 Å². The van der Waals surface area contributed by atoms with E-state index >= 15 is 0 Å². The lowest BCUT2D eigenvalue weighted by atomic mass is 9.70. The van der Waals surface area contributed by atoms with Gasteiger partial charge >= 0.3 is 0 Å².